The zero-order valence-corrected chi connectivity index (χ0v) is 28.9. The molecule has 2 aromatic heterocycles. The molecule has 2 fully saturated rings. The van der Waals surface area contributed by atoms with Crippen molar-refractivity contribution in [2.24, 2.45) is 5.92 Å². The maximum absolute atomic E-state index is 13.6. The fourth-order valence-electron chi connectivity index (χ4n) is 6.69. The number of hydrogen-bond acceptors (Lipinski definition) is 9. The minimum Gasteiger partial charge on any atom is -0.460 e. The summed E-state index contributed by atoms with van der Waals surface area (Å²) in [7, 11) is -3.88. The number of benzene rings is 3. The van der Waals surface area contributed by atoms with Crippen LogP contribution in [0.15, 0.2) is 102 Å². The van der Waals surface area contributed by atoms with Crippen molar-refractivity contribution < 1.29 is 22.7 Å². The molecule has 1 atom stereocenters. The molecular formula is C37H37ClN6O5S. The highest BCUT2D eigenvalue weighted by atomic mass is 35.5. The molecule has 0 unspecified atom stereocenters. The van der Waals surface area contributed by atoms with Crippen LogP contribution in [0.2, 0.25) is 5.02 Å². The van der Waals surface area contributed by atoms with Crippen LogP contribution in [0.4, 0.5) is 5.95 Å². The second-order valence-corrected chi connectivity index (χ2v) is 14.9. The first-order valence-electron chi connectivity index (χ1n) is 16.7. The predicted molar refractivity (Wildman–Crippen MR) is 191 cm³/mol. The van der Waals surface area contributed by atoms with Gasteiger partial charge in [0.1, 0.15) is 6.61 Å². The van der Waals surface area contributed by atoms with Crippen LogP contribution in [0.3, 0.4) is 0 Å². The molecule has 50 heavy (non-hydrogen) atoms. The Morgan fingerprint density at radius 2 is 1.60 bits per heavy atom. The van der Waals surface area contributed by atoms with Crippen LogP contribution in [-0.4, -0.2) is 82.8 Å². The maximum atomic E-state index is 13.6. The summed E-state index contributed by atoms with van der Waals surface area (Å²) in [5.74, 6) is 0.125. The minimum absolute atomic E-state index is 0.0627. The van der Waals surface area contributed by atoms with E-state index in [0.717, 1.165) is 12.0 Å². The molecular weight excluding hydrogens is 676 g/mol. The summed E-state index contributed by atoms with van der Waals surface area (Å²) < 4.78 is 34.0. The second kappa shape index (κ2) is 14.6. The molecule has 13 heteroatoms. The van der Waals surface area contributed by atoms with Gasteiger partial charge in [-0.3, -0.25) is 14.5 Å². The van der Waals surface area contributed by atoms with E-state index in [2.05, 4.69) is 15.2 Å². The third kappa shape index (κ3) is 7.23. The quantitative estimate of drug-likeness (QED) is 0.188. The number of rotatable bonds is 10. The summed E-state index contributed by atoms with van der Waals surface area (Å²) in [6.07, 6.45) is 5.17. The molecule has 4 heterocycles. The second-order valence-electron chi connectivity index (χ2n) is 12.7. The standard InChI is InChI=1S/C37H37ClN6O5S/c38-32-21-39-37(41-35(32)31-23-44(33-14-8-7-13-30(31)33)50(47,48)29-11-5-2-6-12-29)40-28-17-20-43(22-28)36(46)27-15-18-42(19-16-27)24-34(45)49-25-26-9-3-1-4-10-26/h1-14,21,23,27-28H,15-20,22,24-25H2,(H,39,40,41)/t28-/m0/s1. The number of amides is 1. The molecule has 7 rings (SSSR count). The van der Waals surface area contributed by atoms with Crippen molar-refractivity contribution in [3.8, 4) is 11.3 Å². The smallest absolute Gasteiger partial charge is 0.320 e. The zero-order valence-electron chi connectivity index (χ0n) is 27.3. The van der Waals surface area contributed by atoms with Gasteiger partial charge in [0.15, 0.2) is 0 Å². The minimum atomic E-state index is -3.88. The molecule has 3 aromatic carbocycles. The van der Waals surface area contributed by atoms with E-state index in [1.165, 1.54) is 10.2 Å². The van der Waals surface area contributed by atoms with E-state index in [1.54, 1.807) is 48.7 Å². The van der Waals surface area contributed by atoms with Crippen LogP contribution in [0.1, 0.15) is 24.8 Å². The molecule has 0 radical (unpaired) electrons. The number of likely N-dealkylation sites (tertiary alicyclic amines) is 2. The molecule has 1 N–H and O–H groups in total. The van der Waals surface area contributed by atoms with Crippen molar-refractivity contribution in [1.29, 1.82) is 0 Å². The van der Waals surface area contributed by atoms with Gasteiger partial charge in [-0.25, -0.2) is 22.4 Å². The first-order chi connectivity index (χ1) is 24.3. The lowest BCUT2D eigenvalue weighted by molar-refractivity contribution is -0.146. The van der Waals surface area contributed by atoms with Crippen molar-refractivity contribution in [3.63, 3.8) is 0 Å². The van der Waals surface area contributed by atoms with Crippen LogP contribution in [0, 0.1) is 5.92 Å². The number of para-hydroxylation sites is 1. The number of piperidine rings is 1. The van der Waals surface area contributed by atoms with Crippen LogP contribution in [-0.2, 0) is 31.0 Å². The Balaban J connectivity index is 0.972. The largest absolute Gasteiger partial charge is 0.460 e. The Labute approximate surface area is 295 Å². The van der Waals surface area contributed by atoms with Gasteiger partial charge in [0, 0.05) is 42.2 Å². The van der Waals surface area contributed by atoms with Crippen LogP contribution < -0.4 is 5.32 Å². The number of ether oxygens (including phenoxy) is 1. The van der Waals surface area contributed by atoms with Gasteiger partial charge < -0.3 is 15.0 Å². The average Bonchev–Trinajstić information content (AvgIpc) is 3.78. The number of aromatic nitrogens is 3. The number of nitrogens with one attached hydrogen (secondary N) is 1. The van der Waals surface area contributed by atoms with Gasteiger partial charge >= 0.3 is 5.97 Å². The molecule has 2 saturated heterocycles. The van der Waals surface area contributed by atoms with Crippen LogP contribution in [0.25, 0.3) is 22.2 Å². The molecule has 2 aliphatic heterocycles. The molecule has 5 aromatic rings. The zero-order chi connectivity index (χ0) is 34.7. The van der Waals surface area contributed by atoms with E-state index in [-0.39, 0.29) is 46.9 Å². The first kappa shape index (κ1) is 33.7. The van der Waals surface area contributed by atoms with E-state index in [9.17, 15) is 18.0 Å². The lowest BCUT2D eigenvalue weighted by Gasteiger charge is -2.32. The van der Waals surface area contributed by atoms with Crippen molar-refractivity contribution in [3.05, 3.63) is 108 Å². The lowest BCUT2D eigenvalue weighted by atomic mass is 9.95. The summed E-state index contributed by atoms with van der Waals surface area (Å²) in [5, 5.41) is 4.34. The normalized spacial score (nSPS) is 17.2. The number of hydrogen-bond donors (Lipinski definition) is 1. The van der Waals surface area contributed by atoms with Gasteiger partial charge in [0.25, 0.3) is 10.0 Å². The van der Waals surface area contributed by atoms with Gasteiger partial charge in [-0.2, -0.15) is 0 Å². The van der Waals surface area contributed by atoms with E-state index >= 15 is 0 Å². The number of fused-ring (bicyclic) bond motifs is 1. The highest BCUT2D eigenvalue weighted by Crippen LogP contribution is 2.36. The molecule has 0 spiro atoms. The molecule has 0 bridgehead atoms. The monoisotopic (exact) mass is 712 g/mol. The summed E-state index contributed by atoms with van der Waals surface area (Å²) in [4.78, 5) is 39.1. The third-order valence-electron chi connectivity index (χ3n) is 9.34. The highest BCUT2D eigenvalue weighted by Gasteiger charge is 2.34. The van der Waals surface area contributed by atoms with Gasteiger partial charge in [0.05, 0.1) is 33.9 Å². The summed E-state index contributed by atoms with van der Waals surface area (Å²) >= 11 is 6.62. The highest BCUT2D eigenvalue weighted by molar-refractivity contribution is 7.90. The fourth-order valence-corrected chi connectivity index (χ4v) is 8.28. The molecule has 0 saturated carbocycles. The Bertz CT molecular complexity index is 2100. The van der Waals surface area contributed by atoms with Crippen LogP contribution >= 0.6 is 11.6 Å². The molecule has 11 nitrogen and oxygen atoms in total. The number of halogens is 1. The number of carbonyl (C=O) groups is 2. The van der Waals surface area contributed by atoms with Gasteiger partial charge in [-0.05, 0) is 56.1 Å². The average molecular weight is 713 g/mol. The SMILES string of the molecule is O=C(CN1CCC(C(=O)N2CC[C@H](Nc3ncc(Cl)c(-c4cn(S(=O)(=O)c5ccccc5)c5ccccc45)n3)C2)CC1)OCc1ccccc1. The molecule has 0 aliphatic carbocycles. The Morgan fingerprint density at radius 3 is 2.36 bits per heavy atom. The molecule has 1 amide bonds. The molecule has 2 aliphatic rings. The number of carbonyl (C=O) groups excluding carboxylic acids is 2. The Kier molecular flexibility index (Phi) is 9.84. The van der Waals surface area contributed by atoms with Crippen molar-refractivity contribution in [2.45, 2.75) is 36.8 Å². The van der Waals surface area contributed by atoms with E-state index in [0.29, 0.717) is 67.1 Å². The third-order valence-corrected chi connectivity index (χ3v) is 11.3. The van der Waals surface area contributed by atoms with Crippen molar-refractivity contribution in [1.82, 2.24) is 23.7 Å². The Hall–Kier alpha value is -4.78. The molecule has 258 valence electrons. The van der Waals surface area contributed by atoms with Crippen molar-refractivity contribution >= 4 is 50.4 Å². The van der Waals surface area contributed by atoms with E-state index in [4.69, 9.17) is 21.3 Å². The lowest BCUT2D eigenvalue weighted by Crippen LogP contribution is -2.43. The van der Waals surface area contributed by atoms with E-state index < -0.39 is 10.0 Å². The van der Waals surface area contributed by atoms with E-state index in [1.807, 2.05) is 47.4 Å². The number of anilines is 1. The number of nitrogens with zero attached hydrogens (tertiary/aromatic N) is 5. The summed E-state index contributed by atoms with van der Waals surface area (Å²) in [5.41, 5.74) is 2.43. The van der Waals surface area contributed by atoms with Gasteiger partial charge in [-0.15, -0.1) is 0 Å². The van der Waals surface area contributed by atoms with Crippen LogP contribution in [0.5, 0.6) is 0 Å². The predicted octanol–water partition coefficient (Wildman–Crippen LogP) is 5.46. The van der Waals surface area contributed by atoms with Gasteiger partial charge in [-0.1, -0.05) is 78.3 Å². The summed E-state index contributed by atoms with van der Waals surface area (Å²) in [6.45, 7) is 2.93. The summed E-state index contributed by atoms with van der Waals surface area (Å²) in [6, 6.07) is 25.0. The van der Waals surface area contributed by atoms with Gasteiger partial charge in [0.2, 0.25) is 11.9 Å². The van der Waals surface area contributed by atoms with Crippen molar-refractivity contribution in [2.75, 3.05) is 38.0 Å². The maximum Gasteiger partial charge on any atom is 0.320 e. The Morgan fingerprint density at radius 1 is 0.900 bits per heavy atom. The topological polar surface area (TPSA) is 127 Å². The first-order valence-corrected chi connectivity index (χ1v) is 18.5. The fraction of sp³-hybridized carbons (Fsp3) is 0.297. The number of esters is 1.